The lowest BCUT2D eigenvalue weighted by Gasteiger charge is -2.03. The van der Waals surface area contributed by atoms with Crippen molar-refractivity contribution in [3.8, 4) is 11.5 Å². The fourth-order valence-electron chi connectivity index (χ4n) is 1.96. The van der Waals surface area contributed by atoms with Crippen molar-refractivity contribution in [1.29, 1.82) is 0 Å². The number of carbonyl (C=O) groups is 1. The monoisotopic (exact) mass is 370 g/mol. The summed E-state index contributed by atoms with van der Waals surface area (Å²) in [4.78, 5) is 12.0. The third-order valence-electron chi connectivity index (χ3n) is 3.00. The van der Waals surface area contributed by atoms with Crippen LogP contribution in [0.15, 0.2) is 35.4 Å². The second kappa shape index (κ2) is 6.66. The summed E-state index contributed by atoms with van der Waals surface area (Å²) in [6.07, 6.45) is 1.43. The predicted molar refractivity (Wildman–Crippen MR) is 89.1 cm³/mol. The number of amides is 1. The van der Waals surface area contributed by atoms with Crippen LogP contribution in [0.4, 0.5) is 0 Å². The minimum Gasteiger partial charge on any atom is -0.454 e. The number of hydrazone groups is 1. The highest BCUT2D eigenvalue weighted by Crippen LogP contribution is 2.39. The first kappa shape index (κ1) is 15.9. The Morgan fingerprint density at radius 2 is 1.96 bits per heavy atom. The van der Waals surface area contributed by atoms with Crippen LogP contribution in [0.25, 0.3) is 0 Å². The van der Waals surface area contributed by atoms with Crippen molar-refractivity contribution >= 4 is 46.9 Å². The zero-order valence-electron chi connectivity index (χ0n) is 11.5. The molecule has 3 rings (SSSR count). The lowest BCUT2D eigenvalue weighted by Crippen LogP contribution is -2.18. The molecule has 1 amide bonds. The fraction of sp³-hybridized carbons (Fsp3) is 0.0667. The molecular weight excluding hydrogens is 363 g/mol. The number of nitrogens with one attached hydrogen (secondary N) is 1. The van der Waals surface area contributed by atoms with E-state index in [9.17, 15) is 4.79 Å². The summed E-state index contributed by atoms with van der Waals surface area (Å²) < 4.78 is 10.5. The molecule has 2 aromatic rings. The molecule has 23 heavy (non-hydrogen) atoms. The van der Waals surface area contributed by atoms with Gasteiger partial charge in [-0.05, 0) is 35.9 Å². The molecule has 1 aliphatic rings. The summed E-state index contributed by atoms with van der Waals surface area (Å²) in [5.41, 5.74) is 3.26. The zero-order valence-corrected chi connectivity index (χ0v) is 13.7. The van der Waals surface area contributed by atoms with Crippen LogP contribution in [0.1, 0.15) is 15.9 Å². The number of nitrogens with zero attached hydrogens (tertiary/aromatic N) is 1. The maximum atomic E-state index is 12.0. The molecule has 8 heteroatoms. The van der Waals surface area contributed by atoms with Gasteiger partial charge in [0, 0.05) is 5.02 Å². The van der Waals surface area contributed by atoms with Crippen LogP contribution in [-0.2, 0) is 0 Å². The van der Waals surface area contributed by atoms with Gasteiger partial charge in [0.15, 0.2) is 11.5 Å². The molecule has 0 radical (unpaired) electrons. The first-order valence-electron chi connectivity index (χ1n) is 6.42. The molecule has 1 heterocycles. The van der Waals surface area contributed by atoms with E-state index in [1.54, 1.807) is 24.3 Å². The third kappa shape index (κ3) is 3.52. The smallest absolute Gasteiger partial charge is 0.272 e. The third-order valence-corrected chi connectivity index (χ3v) is 3.85. The quantitative estimate of drug-likeness (QED) is 0.651. The van der Waals surface area contributed by atoms with E-state index in [0.717, 1.165) is 0 Å². The second-order valence-electron chi connectivity index (χ2n) is 4.56. The lowest BCUT2D eigenvalue weighted by atomic mass is 10.2. The number of fused-ring (bicyclic) bond motifs is 1. The van der Waals surface area contributed by atoms with Crippen LogP contribution in [0.5, 0.6) is 11.5 Å². The summed E-state index contributed by atoms with van der Waals surface area (Å²) in [7, 11) is 0. The number of hydrogen-bond acceptors (Lipinski definition) is 4. The van der Waals surface area contributed by atoms with E-state index in [0.29, 0.717) is 27.1 Å². The Kier molecular flexibility index (Phi) is 4.61. The first-order chi connectivity index (χ1) is 11.0. The molecule has 1 N–H and O–H groups in total. The topological polar surface area (TPSA) is 59.9 Å². The summed E-state index contributed by atoms with van der Waals surface area (Å²) >= 11 is 17.9. The van der Waals surface area contributed by atoms with E-state index in [2.05, 4.69) is 10.5 Å². The Morgan fingerprint density at radius 1 is 1.13 bits per heavy atom. The largest absolute Gasteiger partial charge is 0.454 e. The van der Waals surface area contributed by atoms with Crippen molar-refractivity contribution in [2.45, 2.75) is 0 Å². The van der Waals surface area contributed by atoms with E-state index in [4.69, 9.17) is 44.3 Å². The van der Waals surface area contributed by atoms with Crippen LogP contribution < -0.4 is 14.9 Å². The molecule has 118 valence electrons. The zero-order chi connectivity index (χ0) is 16.4. The van der Waals surface area contributed by atoms with Gasteiger partial charge in [0.1, 0.15) is 0 Å². The number of benzene rings is 2. The summed E-state index contributed by atoms with van der Waals surface area (Å²) in [6.45, 7) is 0.125. The van der Waals surface area contributed by atoms with Gasteiger partial charge in [0.05, 0.1) is 21.8 Å². The molecule has 0 aliphatic carbocycles. The number of rotatable bonds is 3. The normalized spacial score (nSPS) is 12.7. The van der Waals surface area contributed by atoms with Crippen molar-refractivity contribution in [1.82, 2.24) is 5.43 Å². The van der Waals surface area contributed by atoms with Gasteiger partial charge in [-0.15, -0.1) is 0 Å². The van der Waals surface area contributed by atoms with E-state index < -0.39 is 5.91 Å². The number of halogens is 3. The average molecular weight is 372 g/mol. The van der Waals surface area contributed by atoms with Crippen molar-refractivity contribution in [3.63, 3.8) is 0 Å². The minimum absolute atomic E-state index is 0.125. The van der Waals surface area contributed by atoms with Crippen molar-refractivity contribution in [2.75, 3.05) is 6.79 Å². The lowest BCUT2D eigenvalue weighted by molar-refractivity contribution is 0.0955. The highest BCUT2D eigenvalue weighted by atomic mass is 35.5. The van der Waals surface area contributed by atoms with Crippen LogP contribution >= 0.6 is 34.8 Å². The van der Waals surface area contributed by atoms with Gasteiger partial charge in [-0.25, -0.2) is 5.43 Å². The standard InChI is InChI=1S/C15H9Cl3N2O3/c16-9-1-2-11(17)10(5-9)15(21)20-19-6-8-3-12(18)14-13(4-8)22-7-23-14/h1-6H,7H2,(H,20,21)/b19-6-. The molecule has 1 aliphatic heterocycles. The second-order valence-corrected chi connectivity index (χ2v) is 5.81. The van der Waals surface area contributed by atoms with Gasteiger partial charge in [-0.3, -0.25) is 4.79 Å². The minimum atomic E-state index is -0.472. The molecule has 0 unspecified atom stereocenters. The van der Waals surface area contributed by atoms with E-state index in [1.165, 1.54) is 12.3 Å². The number of ether oxygens (including phenoxy) is 2. The Morgan fingerprint density at radius 3 is 2.78 bits per heavy atom. The predicted octanol–water partition coefficient (Wildman–Crippen LogP) is 4.14. The first-order valence-corrected chi connectivity index (χ1v) is 7.55. The molecule has 0 saturated carbocycles. The highest BCUT2D eigenvalue weighted by Gasteiger charge is 2.17. The molecule has 0 spiro atoms. The SMILES string of the molecule is O=C(N/N=C\c1cc(Cl)c2c(c1)OCO2)c1cc(Cl)ccc1Cl. The highest BCUT2D eigenvalue weighted by molar-refractivity contribution is 6.35. The fourth-order valence-corrected chi connectivity index (χ4v) is 2.61. The molecule has 0 fully saturated rings. The van der Waals surface area contributed by atoms with Crippen LogP contribution in [0.3, 0.4) is 0 Å². The Bertz CT molecular complexity index is 809. The Hall–Kier alpha value is -1.95. The molecule has 2 aromatic carbocycles. The van der Waals surface area contributed by atoms with Gasteiger partial charge >= 0.3 is 0 Å². The van der Waals surface area contributed by atoms with Crippen molar-refractivity contribution in [3.05, 3.63) is 56.5 Å². The Labute approximate surface area is 146 Å². The average Bonchev–Trinajstić information content (AvgIpc) is 2.98. The van der Waals surface area contributed by atoms with Crippen molar-refractivity contribution < 1.29 is 14.3 Å². The van der Waals surface area contributed by atoms with Crippen molar-refractivity contribution in [2.24, 2.45) is 5.10 Å². The van der Waals surface area contributed by atoms with Gasteiger partial charge in [-0.1, -0.05) is 34.8 Å². The van der Waals surface area contributed by atoms with Crippen LogP contribution in [-0.4, -0.2) is 18.9 Å². The van der Waals surface area contributed by atoms with E-state index >= 15 is 0 Å². The molecular formula is C15H9Cl3N2O3. The molecule has 0 aromatic heterocycles. The molecule has 0 saturated heterocycles. The Balaban J connectivity index is 1.73. The molecule has 0 atom stereocenters. The van der Waals surface area contributed by atoms with Crippen LogP contribution in [0.2, 0.25) is 15.1 Å². The summed E-state index contributed by atoms with van der Waals surface area (Å²) in [5.74, 6) is 0.558. The van der Waals surface area contributed by atoms with Gasteiger partial charge < -0.3 is 9.47 Å². The van der Waals surface area contributed by atoms with E-state index in [1.807, 2.05) is 0 Å². The summed E-state index contributed by atoms with van der Waals surface area (Å²) in [6, 6.07) is 7.96. The maximum Gasteiger partial charge on any atom is 0.272 e. The van der Waals surface area contributed by atoms with Gasteiger partial charge in [0.25, 0.3) is 5.91 Å². The molecule has 0 bridgehead atoms. The van der Waals surface area contributed by atoms with Gasteiger partial charge in [-0.2, -0.15) is 5.10 Å². The van der Waals surface area contributed by atoms with Gasteiger partial charge in [0.2, 0.25) is 6.79 Å². The maximum absolute atomic E-state index is 12.0. The summed E-state index contributed by atoms with van der Waals surface area (Å²) in [5, 5.41) is 4.98. The number of carbonyl (C=O) groups excluding carboxylic acids is 1. The van der Waals surface area contributed by atoms with Crippen LogP contribution in [0, 0.1) is 0 Å². The van der Waals surface area contributed by atoms with E-state index in [-0.39, 0.29) is 17.4 Å². The number of hydrogen-bond donors (Lipinski definition) is 1. The molecule has 5 nitrogen and oxygen atoms in total.